The van der Waals surface area contributed by atoms with Crippen LogP contribution >= 0.6 is 0 Å². The molecule has 6 rings (SSSR count). The molecule has 2 nitrogen and oxygen atoms in total. The quantitative estimate of drug-likeness (QED) is 0.811. The van der Waals surface area contributed by atoms with Gasteiger partial charge in [-0.15, -0.1) is 0 Å². The zero-order valence-corrected chi connectivity index (χ0v) is 14.7. The standard InChI is InChI=1S/C21H33NO/c1-13(19-8-14-2-3-18(19)7-14)22-20(23)12-21-9-15-4-16(10-21)6-17(5-15)11-21/h13-19H,2-12H2,1H3,(H,22,23)/t13-,14-,15?,16?,17?,18-,19+,21?/m0/s1. The molecule has 4 atom stereocenters. The fraction of sp³-hybridized carbons (Fsp3) is 0.952. The van der Waals surface area contributed by atoms with Gasteiger partial charge in [-0.3, -0.25) is 4.79 Å². The van der Waals surface area contributed by atoms with Crippen molar-refractivity contribution in [3.8, 4) is 0 Å². The maximum absolute atomic E-state index is 12.8. The number of hydrogen-bond acceptors (Lipinski definition) is 1. The molecule has 6 aliphatic rings. The fourth-order valence-electron chi connectivity index (χ4n) is 8.17. The van der Waals surface area contributed by atoms with Crippen LogP contribution in [0, 0.1) is 40.9 Å². The van der Waals surface area contributed by atoms with E-state index in [4.69, 9.17) is 0 Å². The Morgan fingerprint density at radius 3 is 2.13 bits per heavy atom. The third-order valence-electron chi connectivity index (χ3n) is 8.52. The second kappa shape index (κ2) is 5.23. The maximum atomic E-state index is 12.8. The lowest BCUT2D eigenvalue weighted by Crippen LogP contribution is -2.49. The van der Waals surface area contributed by atoms with Gasteiger partial charge < -0.3 is 5.32 Å². The zero-order chi connectivity index (χ0) is 15.6. The molecule has 0 heterocycles. The van der Waals surface area contributed by atoms with Crippen LogP contribution in [0.1, 0.15) is 77.6 Å². The first-order valence-electron chi connectivity index (χ1n) is 10.4. The molecule has 0 spiro atoms. The van der Waals surface area contributed by atoms with Crippen molar-refractivity contribution in [3.63, 3.8) is 0 Å². The van der Waals surface area contributed by atoms with Gasteiger partial charge in [0, 0.05) is 12.5 Å². The molecule has 128 valence electrons. The predicted octanol–water partition coefficient (Wildman–Crippen LogP) is 4.53. The normalized spacial score (nSPS) is 51.2. The second-order valence-corrected chi connectivity index (χ2v) is 10.3. The van der Waals surface area contributed by atoms with Gasteiger partial charge in [-0.2, -0.15) is 0 Å². The summed E-state index contributed by atoms with van der Waals surface area (Å²) < 4.78 is 0. The molecule has 0 radical (unpaired) electrons. The van der Waals surface area contributed by atoms with Gasteiger partial charge in [-0.1, -0.05) is 6.42 Å². The number of hydrogen-bond donors (Lipinski definition) is 1. The van der Waals surface area contributed by atoms with E-state index in [0.717, 1.165) is 41.9 Å². The van der Waals surface area contributed by atoms with E-state index in [2.05, 4.69) is 12.2 Å². The van der Waals surface area contributed by atoms with Gasteiger partial charge in [0.1, 0.15) is 0 Å². The van der Waals surface area contributed by atoms with Crippen LogP contribution < -0.4 is 5.32 Å². The Hall–Kier alpha value is -0.530. The van der Waals surface area contributed by atoms with Crippen molar-refractivity contribution >= 4 is 5.91 Å². The molecule has 6 fully saturated rings. The Bertz CT molecular complexity index is 463. The van der Waals surface area contributed by atoms with Gasteiger partial charge in [-0.25, -0.2) is 0 Å². The van der Waals surface area contributed by atoms with Crippen LogP contribution in [0.15, 0.2) is 0 Å². The van der Waals surface area contributed by atoms with Crippen molar-refractivity contribution in [2.75, 3.05) is 0 Å². The zero-order valence-electron chi connectivity index (χ0n) is 14.7. The van der Waals surface area contributed by atoms with Crippen LogP contribution in [-0.4, -0.2) is 11.9 Å². The highest BCUT2D eigenvalue weighted by Crippen LogP contribution is 2.61. The fourth-order valence-corrected chi connectivity index (χ4v) is 8.17. The topological polar surface area (TPSA) is 29.1 Å². The van der Waals surface area contributed by atoms with Crippen molar-refractivity contribution in [3.05, 3.63) is 0 Å². The summed E-state index contributed by atoms with van der Waals surface area (Å²) >= 11 is 0. The van der Waals surface area contributed by atoms with Crippen LogP contribution in [0.25, 0.3) is 0 Å². The molecule has 2 heteroatoms. The van der Waals surface area contributed by atoms with Crippen molar-refractivity contribution in [2.45, 2.75) is 83.6 Å². The molecule has 6 saturated carbocycles. The van der Waals surface area contributed by atoms with E-state index in [0.29, 0.717) is 17.4 Å². The summed E-state index contributed by atoms with van der Waals surface area (Å²) in [6.07, 6.45) is 15.0. The SMILES string of the molecule is C[C@H](NC(=O)CC12CC3CC(CC(C3)C1)C2)[C@H]1C[C@H]2CC[C@H]1C2. The molecule has 0 aromatic rings. The number of rotatable bonds is 4. The third kappa shape index (κ3) is 2.55. The molecular formula is C21H33NO. The highest BCUT2D eigenvalue weighted by atomic mass is 16.1. The Morgan fingerprint density at radius 1 is 0.957 bits per heavy atom. The summed E-state index contributed by atoms with van der Waals surface area (Å²) in [5.41, 5.74) is 0.396. The Balaban J connectivity index is 1.20. The predicted molar refractivity (Wildman–Crippen MR) is 91.8 cm³/mol. The van der Waals surface area contributed by atoms with Crippen molar-refractivity contribution in [2.24, 2.45) is 40.9 Å². The maximum Gasteiger partial charge on any atom is 0.220 e. The van der Waals surface area contributed by atoms with E-state index < -0.39 is 0 Å². The summed E-state index contributed by atoms with van der Waals surface area (Å²) in [6, 6.07) is 0.409. The summed E-state index contributed by atoms with van der Waals surface area (Å²) in [7, 11) is 0. The van der Waals surface area contributed by atoms with Gasteiger partial charge >= 0.3 is 0 Å². The first kappa shape index (κ1) is 14.8. The van der Waals surface area contributed by atoms with E-state index in [-0.39, 0.29) is 0 Å². The van der Waals surface area contributed by atoms with Gasteiger partial charge in [0.05, 0.1) is 0 Å². The monoisotopic (exact) mass is 315 g/mol. The van der Waals surface area contributed by atoms with Crippen molar-refractivity contribution in [1.82, 2.24) is 5.32 Å². The lowest BCUT2D eigenvalue weighted by atomic mass is 9.49. The molecular weight excluding hydrogens is 282 g/mol. The van der Waals surface area contributed by atoms with Gasteiger partial charge in [0.15, 0.2) is 0 Å². The molecule has 0 aromatic heterocycles. The number of amides is 1. The minimum atomic E-state index is 0.377. The summed E-state index contributed by atoms with van der Waals surface area (Å²) in [5.74, 6) is 5.91. The lowest BCUT2D eigenvalue weighted by molar-refractivity contribution is -0.130. The van der Waals surface area contributed by atoms with Gasteiger partial charge in [0.2, 0.25) is 5.91 Å². The molecule has 0 unspecified atom stereocenters. The summed E-state index contributed by atoms with van der Waals surface area (Å²) in [4.78, 5) is 12.8. The summed E-state index contributed by atoms with van der Waals surface area (Å²) in [6.45, 7) is 2.28. The number of nitrogens with one attached hydrogen (secondary N) is 1. The highest BCUT2D eigenvalue weighted by Gasteiger charge is 2.51. The van der Waals surface area contributed by atoms with E-state index in [1.807, 2.05) is 0 Å². The van der Waals surface area contributed by atoms with Gasteiger partial charge in [-0.05, 0) is 106 Å². The molecule has 6 aliphatic carbocycles. The molecule has 6 bridgehead atoms. The Kier molecular flexibility index (Phi) is 3.36. The first-order chi connectivity index (χ1) is 11.1. The second-order valence-electron chi connectivity index (χ2n) is 10.3. The van der Waals surface area contributed by atoms with Crippen LogP contribution in [0.4, 0.5) is 0 Å². The van der Waals surface area contributed by atoms with E-state index in [9.17, 15) is 4.79 Å². The average molecular weight is 316 g/mol. The molecule has 0 aliphatic heterocycles. The number of carbonyl (C=O) groups excluding carboxylic acids is 1. The van der Waals surface area contributed by atoms with E-state index in [1.165, 1.54) is 64.2 Å². The van der Waals surface area contributed by atoms with Crippen molar-refractivity contribution < 1.29 is 4.79 Å². The van der Waals surface area contributed by atoms with Gasteiger partial charge in [0.25, 0.3) is 0 Å². The van der Waals surface area contributed by atoms with Crippen LogP contribution in [0.5, 0.6) is 0 Å². The van der Waals surface area contributed by atoms with E-state index in [1.54, 1.807) is 0 Å². The van der Waals surface area contributed by atoms with Crippen LogP contribution in [0.2, 0.25) is 0 Å². The molecule has 1 amide bonds. The first-order valence-corrected chi connectivity index (χ1v) is 10.4. The average Bonchev–Trinajstić information content (AvgIpc) is 3.07. The minimum absolute atomic E-state index is 0.377. The Labute approximate surface area is 141 Å². The Morgan fingerprint density at radius 2 is 1.61 bits per heavy atom. The lowest BCUT2D eigenvalue weighted by Gasteiger charge is -2.56. The largest absolute Gasteiger partial charge is 0.353 e. The highest BCUT2D eigenvalue weighted by molar-refractivity contribution is 5.77. The molecule has 0 aromatic carbocycles. The number of fused-ring (bicyclic) bond motifs is 2. The minimum Gasteiger partial charge on any atom is -0.353 e. The van der Waals surface area contributed by atoms with Crippen molar-refractivity contribution in [1.29, 1.82) is 0 Å². The van der Waals surface area contributed by atoms with Crippen LogP contribution in [0.3, 0.4) is 0 Å². The molecule has 0 saturated heterocycles. The smallest absolute Gasteiger partial charge is 0.220 e. The number of carbonyl (C=O) groups is 1. The third-order valence-corrected chi connectivity index (χ3v) is 8.52. The molecule has 1 N–H and O–H groups in total. The van der Waals surface area contributed by atoms with Crippen LogP contribution in [-0.2, 0) is 4.79 Å². The van der Waals surface area contributed by atoms with E-state index >= 15 is 0 Å². The summed E-state index contributed by atoms with van der Waals surface area (Å²) in [5, 5.41) is 3.44. The molecule has 23 heavy (non-hydrogen) atoms.